The fourth-order valence-corrected chi connectivity index (χ4v) is 4.70. The molecule has 40 heavy (non-hydrogen) atoms. The van der Waals surface area contributed by atoms with Crippen LogP contribution in [0.3, 0.4) is 0 Å². The molecule has 1 aliphatic heterocycles. The quantitative estimate of drug-likeness (QED) is 0.309. The Bertz CT molecular complexity index is 1580. The molecule has 0 bridgehead atoms. The van der Waals surface area contributed by atoms with Crippen molar-refractivity contribution >= 4 is 28.8 Å². The minimum Gasteiger partial charge on any atom is -0.483 e. The van der Waals surface area contributed by atoms with Gasteiger partial charge in [0.25, 0.3) is 11.5 Å². The van der Waals surface area contributed by atoms with Crippen molar-refractivity contribution in [1.82, 2.24) is 23.6 Å². The van der Waals surface area contributed by atoms with E-state index >= 15 is 0 Å². The molecule has 12 nitrogen and oxygen atoms in total. The molecule has 3 aromatic rings. The molecule has 1 aliphatic rings. The second-order valence-corrected chi connectivity index (χ2v) is 10.6. The van der Waals surface area contributed by atoms with Crippen molar-refractivity contribution in [2.24, 2.45) is 12.8 Å². The Kier molecular flexibility index (Phi) is 8.58. The Hall–Kier alpha value is -4.19. The number of ketones is 1. The minimum absolute atomic E-state index is 0.0149. The van der Waals surface area contributed by atoms with Crippen LogP contribution in [0.4, 0.5) is 5.95 Å². The molecular weight excluding hydrogens is 514 g/mol. The van der Waals surface area contributed by atoms with E-state index < -0.39 is 23.6 Å². The summed E-state index contributed by atoms with van der Waals surface area (Å²) in [6.07, 6.45) is 3.79. The van der Waals surface area contributed by atoms with Gasteiger partial charge in [-0.3, -0.25) is 23.5 Å². The van der Waals surface area contributed by atoms with Gasteiger partial charge in [-0.1, -0.05) is 23.8 Å². The Morgan fingerprint density at radius 1 is 1.18 bits per heavy atom. The lowest BCUT2D eigenvalue weighted by molar-refractivity contribution is -0.130. The van der Waals surface area contributed by atoms with Gasteiger partial charge >= 0.3 is 5.69 Å². The van der Waals surface area contributed by atoms with E-state index in [9.17, 15) is 19.2 Å². The Balaban J connectivity index is 1.78. The van der Waals surface area contributed by atoms with Crippen LogP contribution in [-0.2, 0) is 24.9 Å². The molecule has 0 aliphatic carbocycles. The first-order valence-electron chi connectivity index (χ1n) is 13.3. The molecule has 1 atom stereocenters. The molecule has 214 valence electrons. The lowest BCUT2D eigenvalue weighted by atomic mass is 10.1. The summed E-state index contributed by atoms with van der Waals surface area (Å²) in [5.74, 6) is 0.00559. The second kappa shape index (κ2) is 11.9. The molecule has 4 rings (SSSR count). The van der Waals surface area contributed by atoms with Crippen LogP contribution in [0.15, 0.2) is 45.5 Å². The number of fused-ring (bicyclic) bond motifs is 1. The zero-order chi connectivity index (χ0) is 29.1. The Labute approximate surface area is 232 Å². The molecule has 12 heteroatoms. The predicted molar refractivity (Wildman–Crippen MR) is 153 cm³/mol. The average molecular weight is 552 g/mol. The summed E-state index contributed by atoms with van der Waals surface area (Å²) < 4.78 is 9.64. The van der Waals surface area contributed by atoms with Crippen LogP contribution in [0.2, 0.25) is 0 Å². The van der Waals surface area contributed by atoms with Gasteiger partial charge in [-0.15, -0.1) is 0 Å². The SMILES string of the molecule is CC(C)=CCn1c(N2CCCC(N)C2)nc2c1c(=O)n(CC(=O)c1ccccc1OCC(=O)N(C)C)c(=O)n2C. The number of allylic oxidation sites excluding steroid dienone is 2. The summed E-state index contributed by atoms with van der Waals surface area (Å²) >= 11 is 0. The number of aromatic nitrogens is 4. The number of Topliss-reactive ketones (excluding diaryl/α,β-unsaturated/α-hetero) is 1. The molecule has 1 saturated heterocycles. The van der Waals surface area contributed by atoms with Crippen LogP contribution in [0.1, 0.15) is 37.0 Å². The summed E-state index contributed by atoms with van der Waals surface area (Å²) in [4.78, 5) is 60.8. The fraction of sp³-hybridized carbons (Fsp3) is 0.464. The number of imidazole rings is 1. The van der Waals surface area contributed by atoms with Crippen LogP contribution in [0, 0.1) is 0 Å². The molecule has 1 unspecified atom stereocenters. The molecule has 0 radical (unpaired) electrons. The molecule has 1 aromatic carbocycles. The smallest absolute Gasteiger partial charge is 0.332 e. The maximum absolute atomic E-state index is 13.9. The summed E-state index contributed by atoms with van der Waals surface area (Å²) in [6, 6.07) is 6.44. The van der Waals surface area contributed by atoms with Crippen LogP contribution in [-0.4, -0.2) is 75.1 Å². The topological polar surface area (TPSA) is 138 Å². The first-order valence-corrected chi connectivity index (χ1v) is 13.3. The summed E-state index contributed by atoms with van der Waals surface area (Å²) in [6.45, 7) is 4.88. The first kappa shape index (κ1) is 28.8. The minimum atomic E-state index is -0.652. The third-order valence-electron chi connectivity index (χ3n) is 6.97. The van der Waals surface area contributed by atoms with Crippen molar-refractivity contribution in [3.05, 3.63) is 62.3 Å². The Morgan fingerprint density at radius 2 is 1.90 bits per heavy atom. The number of aryl methyl sites for hydroxylation is 1. The number of carbonyl (C=O) groups excluding carboxylic acids is 2. The van der Waals surface area contributed by atoms with E-state index in [1.54, 1.807) is 50.0 Å². The highest BCUT2D eigenvalue weighted by Crippen LogP contribution is 2.24. The number of carbonyl (C=O) groups is 2. The predicted octanol–water partition coefficient (Wildman–Crippen LogP) is 1.14. The van der Waals surface area contributed by atoms with Crippen molar-refractivity contribution in [1.29, 1.82) is 0 Å². The van der Waals surface area contributed by atoms with E-state index in [1.165, 1.54) is 9.47 Å². The van der Waals surface area contributed by atoms with Gasteiger partial charge in [0.1, 0.15) is 5.75 Å². The summed E-state index contributed by atoms with van der Waals surface area (Å²) in [5, 5.41) is 0. The second-order valence-electron chi connectivity index (χ2n) is 10.6. The Morgan fingerprint density at radius 3 is 2.58 bits per heavy atom. The van der Waals surface area contributed by atoms with E-state index in [0.717, 1.165) is 29.5 Å². The third kappa shape index (κ3) is 5.86. The number of para-hydroxylation sites is 1. The maximum Gasteiger partial charge on any atom is 0.332 e. The van der Waals surface area contributed by atoms with Gasteiger partial charge in [0, 0.05) is 46.8 Å². The number of ether oxygens (including phenoxy) is 1. The van der Waals surface area contributed by atoms with Gasteiger partial charge in [0.05, 0.1) is 12.1 Å². The molecule has 3 heterocycles. The van der Waals surface area contributed by atoms with Gasteiger partial charge in [-0.2, -0.15) is 4.98 Å². The van der Waals surface area contributed by atoms with Crippen LogP contribution in [0.25, 0.3) is 11.2 Å². The van der Waals surface area contributed by atoms with E-state index in [1.807, 2.05) is 19.9 Å². The lowest BCUT2D eigenvalue weighted by Crippen LogP contribution is -2.44. The maximum atomic E-state index is 13.9. The average Bonchev–Trinajstić information content (AvgIpc) is 3.31. The number of likely N-dealkylation sites (N-methyl/N-ethyl adjacent to an activating group) is 1. The molecule has 2 N–H and O–H groups in total. The van der Waals surface area contributed by atoms with Gasteiger partial charge < -0.3 is 24.8 Å². The number of piperidine rings is 1. The zero-order valence-electron chi connectivity index (χ0n) is 23.7. The number of amides is 1. The van der Waals surface area contributed by atoms with Crippen molar-refractivity contribution in [3.8, 4) is 5.75 Å². The van der Waals surface area contributed by atoms with Gasteiger partial charge in [0.2, 0.25) is 5.95 Å². The molecule has 0 spiro atoms. The van der Waals surface area contributed by atoms with Gasteiger partial charge in [0.15, 0.2) is 23.6 Å². The van der Waals surface area contributed by atoms with E-state index in [2.05, 4.69) is 4.90 Å². The van der Waals surface area contributed by atoms with Crippen molar-refractivity contribution in [2.45, 2.75) is 45.8 Å². The summed E-state index contributed by atoms with van der Waals surface area (Å²) in [7, 11) is 4.75. The number of rotatable bonds is 9. The normalized spacial score (nSPS) is 15.2. The monoisotopic (exact) mass is 551 g/mol. The molecule has 2 aromatic heterocycles. The molecular formula is C28H37N7O5. The van der Waals surface area contributed by atoms with Crippen LogP contribution < -0.4 is 26.6 Å². The number of hydrogen-bond donors (Lipinski definition) is 1. The highest BCUT2D eigenvalue weighted by atomic mass is 16.5. The van der Waals surface area contributed by atoms with E-state index in [-0.39, 0.29) is 41.0 Å². The molecule has 1 amide bonds. The summed E-state index contributed by atoms with van der Waals surface area (Å²) in [5.41, 5.74) is 6.70. The zero-order valence-corrected chi connectivity index (χ0v) is 23.7. The molecule has 1 fully saturated rings. The standard InChI is InChI=1S/C28H37N7O5/c1-18(2)12-14-34-24-25(30-27(34)33-13-8-9-19(29)15-33)32(5)28(39)35(26(24)38)16-21(36)20-10-6-7-11-22(20)40-17-23(37)31(3)4/h6-7,10-12,19H,8-9,13-17,29H2,1-5H3. The molecule has 0 saturated carbocycles. The highest BCUT2D eigenvalue weighted by Gasteiger charge is 2.27. The first-order chi connectivity index (χ1) is 19.0. The number of nitrogens with zero attached hydrogens (tertiary/aromatic N) is 6. The largest absolute Gasteiger partial charge is 0.483 e. The van der Waals surface area contributed by atoms with Crippen molar-refractivity contribution in [2.75, 3.05) is 38.7 Å². The fourth-order valence-electron chi connectivity index (χ4n) is 4.70. The number of benzene rings is 1. The number of nitrogens with two attached hydrogens (primary N) is 1. The highest BCUT2D eigenvalue weighted by molar-refractivity contribution is 5.98. The number of anilines is 1. The van der Waals surface area contributed by atoms with Crippen molar-refractivity contribution < 1.29 is 14.3 Å². The van der Waals surface area contributed by atoms with Gasteiger partial charge in [-0.05, 0) is 38.8 Å². The van der Waals surface area contributed by atoms with Crippen molar-refractivity contribution in [3.63, 3.8) is 0 Å². The van der Waals surface area contributed by atoms with Crippen LogP contribution >= 0.6 is 0 Å². The van der Waals surface area contributed by atoms with Gasteiger partial charge in [-0.25, -0.2) is 4.79 Å². The lowest BCUT2D eigenvalue weighted by Gasteiger charge is -2.31. The van der Waals surface area contributed by atoms with E-state index in [4.69, 9.17) is 15.5 Å². The van der Waals surface area contributed by atoms with Crippen LogP contribution in [0.5, 0.6) is 5.75 Å². The third-order valence-corrected chi connectivity index (χ3v) is 6.97. The van der Waals surface area contributed by atoms with E-state index in [0.29, 0.717) is 19.0 Å². The number of hydrogen-bond acceptors (Lipinski definition) is 8.